The molecular weight excluding hydrogens is 633 g/mol. The van der Waals surface area contributed by atoms with Crippen LogP contribution in [0.1, 0.15) is 6.92 Å². The predicted octanol–water partition coefficient (Wildman–Crippen LogP) is 1.62. The summed E-state index contributed by atoms with van der Waals surface area (Å²) in [5, 5.41) is 8.45. The lowest BCUT2D eigenvalue weighted by Crippen LogP contribution is -2.36. The van der Waals surface area contributed by atoms with Gasteiger partial charge in [0.2, 0.25) is 5.88 Å². The van der Waals surface area contributed by atoms with E-state index in [0.717, 1.165) is 17.8 Å². The van der Waals surface area contributed by atoms with Crippen molar-refractivity contribution in [1.82, 2.24) is 38.9 Å². The van der Waals surface area contributed by atoms with Crippen molar-refractivity contribution in [1.29, 1.82) is 0 Å². The van der Waals surface area contributed by atoms with Crippen molar-refractivity contribution in [2.75, 3.05) is 18.0 Å². The Balaban J connectivity index is 1.32. The van der Waals surface area contributed by atoms with Crippen molar-refractivity contribution in [3.05, 3.63) is 63.8 Å². The molecule has 238 valence electrons. The van der Waals surface area contributed by atoms with Gasteiger partial charge in [-0.1, -0.05) is 0 Å². The maximum Gasteiger partial charge on any atom is 0.471 e. The highest BCUT2D eigenvalue weighted by Crippen LogP contribution is 2.37. The molecule has 1 atom stereocenters. The largest absolute Gasteiger partial charge is 0.471 e. The first-order chi connectivity index (χ1) is 21.1. The summed E-state index contributed by atoms with van der Waals surface area (Å²) in [5.41, 5.74) is -1.89. The van der Waals surface area contributed by atoms with Gasteiger partial charge in [-0.2, -0.15) is 14.7 Å². The number of rotatable bonds is 9. The quantitative estimate of drug-likeness (QED) is 0.154. The zero-order valence-electron chi connectivity index (χ0n) is 22.9. The molecule has 16 nitrogen and oxygen atoms in total. The molecule has 0 bridgehead atoms. The van der Waals surface area contributed by atoms with E-state index in [9.17, 15) is 22.9 Å². The summed E-state index contributed by atoms with van der Waals surface area (Å²) in [6.07, 6.45) is 3.16. The lowest BCUT2D eigenvalue weighted by Gasteiger charge is -2.19. The van der Waals surface area contributed by atoms with Gasteiger partial charge in [0.1, 0.15) is 19.1 Å². The third kappa shape index (κ3) is 6.30. The van der Waals surface area contributed by atoms with Crippen molar-refractivity contribution in [2.24, 2.45) is 0 Å². The molecule has 5 aromatic heterocycles. The number of ether oxygens (including phenoxy) is 1. The van der Waals surface area contributed by atoms with Gasteiger partial charge in [0, 0.05) is 42.9 Å². The molecule has 45 heavy (non-hydrogen) atoms. The second-order valence-corrected chi connectivity index (χ2v) is 11.6. The molecule has 0 spiro atoms. The summed E-state index contributed by atoms with van der Waals surface area (Å²) in [4.78, 5) is 54.4. The second kappa shape index (κ2) is 10.8. The van der Waals surface area contributed by atoms with Crippen LogP contribution in [0.4, 0.5) is 23.4 Å². The summed E-state index contributed by atoms with van der Waals surface area (Å²) < 4.78 is 81.9. The normalized spacial score (nSPS) is 17.0. The molecule has 0 aliphatic carbocycles. The number of phosphoric ester groups is 1. The van der Waals surface area contributed by atoms with Crippen LogP contribution in [0.2, 0.25) is 0 Å². The Morgan fingerprint density at radius 3 is 2.71 bits per heavy atom. The number of pyridine rings is 1. The van der Waals surface area contributed by atoms with Gasteiger partial charge in [-0.05, 0) is 0 Å². The Kier molecular flexibility index (Phi) is 7.26. The lowest BCUT2D eigenvalue weighted by atomic mass is 10.2. The third-order valence-corrected chi connectivity index (χ3v) is 7.22. The van der Waals surface area contributed by atoms with Gasteiger partial charge >= 0.3 is 19.4 Å². The van der Waals surface area contributed by atoms with Crippen molar-refractivity contribution < 1.29 is 41.2 Å². The Morgan fingerprint density at radius 2 is 1.98 bits per heavy atom. The number of aromatic amines is 1. The summed E-state index contributed by atoms with van der Waals surface area (Å²) in [7, 11) is -4.97. The van der Waals surface area contributed by atoms with Crippen molar-refractivity contribution in [2.45, 2.75) is 38.1 Å². The van der Waals surface area contributed by atoms with E-state index in [1.807, 2.05) is 4.98 Å². The van der Waals surface area contributed by atoms with Crippen molar-refractivity contribution in [3.8, 4) is 17.1 Å². The molecule has 0 saturated carbocycles. The minimum absolute atomic E-state index is 0.0704. The molecular formula is C24H22F4N9O7P. The van der Waals surface area contributed by atoms with Gasteiger partial charge in [-0.15, -0.1) is 0 Å². The minimum atomic E-state index is -4.97. The van der Waals surface area contributed by atoms with E-state index >= 15 is 8.78 Å². The molecule has 1 fully saturated rings. The van der Waals surface area contributed by atoms with Gasteiger partial charge in [0.25, 0.3) is 11.5 Å². The van der Waals surface area contributed by atoms with E-state index in [-0.39, 0.29) is 34.1 Å². The molecule has 6 rings (SSSR count). The van der Waals surface area contributed by atoms with Gasteiger partial charge in [-0.25, -0.2) is 36.9 Å². The number of nitrogens with zero attached hydrogens (tertiary/aromatic N) is 8. The average Bonchev–Trinajstić information content (AvgIpc) is 3.63. The van der Waals surface area contributed by atoms with E-state index in [2.05, 4.69) is 24.7 Å². The monoisotopic (exact) mass is 655 g/mol. The third-order valence-electron chi connectivity index (χ3n) is 6.77. The van der Waals surface area contributed by atoms with Crippen LogP contribution in [-0.2, 0) is 22.4 Å². The maximum atomic E-state index is 15.4. The van der Waals surface area contributed by atoms with E-state index in [1.165, 1.54) is 46.2 Å². The first-order valence-electron chi connectivity index (χ1n) is 12.9. The molecule has 5 aromatic rings. The van der Waals surface area contributed by atoms with Crippen LogP contribution in [0.5, 0.6) is 5.88 Å². The average molecular weight is 655 g/mol. The van der Waals surface area contributed by atoms with Gasteiger partial charge < -0.3 is 19.4 Å². The fraction of sp³-hybridized carbons (Fsp3) is 0.333. The highest BCUT2D eigenvalue weighted by atomic mass is 31.2. The SMILES string of the molecule is CC(F)(F)Cn1ncc2cnc(O[C@H]3CN(c4cc(-c5cn(COP(=O)(O)O)c(=O)[nH]c5=O)nc5ccnn45)CC3(F)F)cc21. The Labute approximate surface area is 247 Å². The molecule has 0 radical (unpaired) electrons. The second-order valence-electron chi connectivity index (χ2n) is 10.3. The van der Waals surface area contributed by atoms with Crippen LogP contribution in [0.3, 0.4) is 0 Å². The van der Waals surface area contributed by atoms with Crippen LogP contribution in [-0.4, -0.2) is 79.7 Å². The number of H-pyrrole nitrogens is 1. The smallest absolute Gasteiger partial charge is 0.466 e. The standard InChI is InChI=1S/C24H22F4N9O7P/c1-23(25,26)10-36-16-5-19(29-6-13(16)7-31-36)44-17-9-34(11-24(17,27)28)20-4-15(32-18-2-3-30-37(18)20)14-8-35(12-43-45(40,41)42)22(39)33-21(14)38/h2-8,17H,9-12H2,1H3,(H,33,38,39)(H2,40,41,42)/t17-/m0/s1. The van der Waals surface area contributed by atoms with Crippen molar-refractivity contribution in [3.63, 3.8) is 0 Å². The van der Waals surface area contributed by atoms with Gasteiger partial charge in [0.05, 0.1) is 42.3 Å². The Bertz CT molecular complexity index is 2090. The molecule has 1 aliphatic heterocycles. The number of alkyl halides is 4. The fourth-order valence-corrected chi connectivity index (χ4v) is 5.07. The molecule has 3 N–H and O–H groups in total. The predicted molar refractivity (Wildman–Crippen MR) is 146 cm³/mol. The number of phosphoric acid groups is 1. The van der Waals surface area contributed by atoms with Crippen LogP contribution in [0.25, 0.3) is 27.8 Å². The first-order valence-corrected chi connectivity index (χ1v) is 14.5. The number of hydrogen-bond donors (Lipinski definition) is 3. The fourth-order valence-electron chi connectivity index (χ4n) is 4.79. The lowest BCUT2D eigenvalue weighted by molar-refractivity contribution is -0.0608. The highest BCUT2D eigenvalue weighted by Gasteiger charge is 2.51. The Hall–Kier alpha value is -4.65. The van der Waals surface area contributed by atoms with E-state index in [1.54, 1.807) is 0 Å². The molecule has 0 aromatic carbocycles. The summed E-state index contributed by atoms with van der Waals surface area (Å²) in [5.74, 6) is -6.69. The number of hydrogen-bond acceptors (Lipinski definition) is 10. The molecule has 6 heterocycles. The topological polar surface area (TPSA) is 195 Å². The molecule has 21 heteroatoms. The number of aromatic nitrogens is 8. The molecule has 1 aliphatic rings. The zero-order chi connectivity index (χ0) is 32.3. The van der Waals surface area contributed by atoms with Crippen LogP contribution >= 0.6 is 7.82 Å². The van der Waals surface area contributed by atoms with Crippen LogP contribution in [0, 0.1) is 0 Å². The number of fused-ring (bicyclic) bond motifs is 2. The van der Waals surface area contributed by atoms with Gasteiger partial charge in [0.15, 0.2) is 11.8 Å². The van der Waals surface area contributed by atoms with E-state index in [4.69, 9.17) is 14.5 Å². The van der Waals surface area contributed by atoms with Crippen LogP contribution in [0.15, 0.2) is 52.6 Å². The summed E-state index contributed by atoms with van der Waals surface area (Å²) in [6, 6.07) is 3.97. The van der Waals surface area contributed by atoms with Crippen molar-refractivity contribution >= 4 is 30.2 Å². The maximum absolute atomic E-state index is 15.4. The Morgan fingerprint density at radius 1 is 1.20 bits per heavy atom. The number of anilines is 1. The minimum Gasteiger partial charge on any atom is -0.466 e. The summed E-state index contributed by atoms with van der Waals surface area (Å²) in [6.45, 7) is -2.18. The van der Waals surface area contributed by atoms with Crippen LogP contribution < -0.4 is 20.9 Å². The number of halogens is 4. The number of nitrogens with one attached hydrogen (secondary N) is 1. The highest BCUT2D eigenvalue weighted by molar-refractivity contribution is 7.46. The first kappa shape index (κ1) is 30.4. The summed E-state index contributed by atoms with van der Waals surface area (Å²) >= 11 is 0. The molecule has 0 unspecified atom stereocenters. The van der Waals surface area contributed by atoms with E-state index < -0.39 is 63.4 Å². The molecule has 0 amide bonds. The zero-order valence-corrected chi connectivity index (χ0v) is 23.8. The van der Waals surface area contributed by atoms with E-state index in [0.29, 0.717) is 9.95 Å². The van der Waals surface area contributed by atoms with Gasteiger partial charge in [-0.3, -0.25) is 23.6 Å². The molecule has 1 saturated heterocycles.